The lowest BCUT2D eigenvalue weighted by Gasteiger charge is -2.34. The van der Waals surface area contributed by atoms with Crippen molar-refractivity contribution in [3.63, 3.8) is 0 Å². The minimum atomic E-state index is -4.14. The summed E-state index contributed by atoms with van der Waals surface area (Å²) in [4.78, 5) is 5.96. The van der Waals surface area contributed by atoms with Gasteiger partial charge in [0.1, 0.15) is 5.82 Å². The van der Waals surface area contributed by atoms with Crippen LogP contribution in [-0.2, 0) is 6.61 Å². The first-order valence-corrected chi connectivity index (χ1v) is 6.31. The summed E-state index contributed by atoms with van der Waals surface area (Å²) < 4.78 is 38.2. The minimum absolute atomic E-state index is 0.0333. The van der Waals surface area contributed by atoms with Crippen molar-refractivity contribution in [2.45, 2.75) is 32.5 Å². The van der Waals surface area contributed by atoms with E-state index in [4.69, 9.17) is 5.11 Å². The van der Waals surface area contributed by atoms with Gasteiger partial charge in [-0.05, 0) is 31.4 Å². The number of rotatable bonds is 2. The van der Waals surface area contributed by atoms with Crippen LogP contribution in [0.25, 0.3) is 0 Å². The Bertz CT molecular complexity index is 448. The average Bonchev–Trinajstić information content (AvgIpc) is 2.38. The van der Waals surface area contributed by atoms with Gasteiger partial charge in [-0.15, -0.1) is 0 Å². The number of aliphatic hydroxyl groups is 1. The maximum absolute atomic E-state index is 12.7. The average molecular weight is 274 g/mol. The first-order chi connectivity index (χ1) is 8.91. The molecule has 0 amide bonds. The summed E-state index contributed by atoms with van der Waals surface area (Å²) in [6.07, 6.45) is -3.43. The molecule has 0 bridgehead atoms. The van der Waals surface area contributed by atoms with E-state index in [0.717, 1.165) is 0 Å². The van der Waals surface area contributed by atoms with Crippen LogP contribution in [0.1, 0.15) is 24.1 Å². The molecule has 0 aliphatic carbocycles. The van der Waals surface area contributed by atoms with E-state index in [1.165, 1.54) is 0 Å². The summed E-state index contributed by atoms with van der Waals surface area (Å²) in [5.74, 6) is -0.718. The van der Waals surface area contributed by atoms with E-state index < -0.39 is 12.1 Å². The number of nitrogens with zero attached hydrogens (tertiary/aromatic N) is 2. The quantitative estimate of drug-likeness (QED) is 0.900. The summed E-state index contributed by atoms with van der Waals surface area (Å²) in [6.45, 7) is 2.20. The lowest BCUT2D eigenvalue weighted by Crippen LogP contribution is -2.42. The summed E-state index contributed by atoms with van der Waals surface area (Å²) >= 11 is 0. The van der Waals surface area contributed by atoms with Gasteiger partial charge in [0, 0.05) is 18.8 Å². The third-order valence-corrected chi connectivity index (χ3v) is 3.56. The first-order valence-electron chi connectivity index (χ1n) is 6.31. The normalized spacial score (nSPS) is 20.7. The Balaban J connectivity index is 2.15. The molecule has 0 radical (unpaired) electrons. The number of pyridine rings is 1. The van der Waals surface area contributed by atoms with E-state index in [9.17, 15) is 13.2 Å². The molecule has 3 nitrogen and oxygen atoms in total. The van der Waals surface area contributed by atoms with Gasteiger partial charge >= 0.3 is 6.18 Å². The molecule has 1 saturated heterocycles. The monoisotopic (exact) mass is 274 g/mol. The van der Waals surface area contributed by atoms with Gasteiger partial charge < -0.3 is 10.0 Å². The van der Waals surface area contributed by atoms with Crippen molar-refractivity contribution in [2.75, 3.05) is 18.0 Å². The summed E-state index contributed by atoms with van der Waals surface area (Å²) in [7, 11) is 0. The van der Waals surface area contributed by atoms with E-state index in [2.05, 4.69) is 4.98 Å². The SMILES string of the molecule is Cc1nc(N2CCCC(C(F)(F)F)C2)ccc1CO. The van der Waals surface area contributed by atoms with E-state index in [1.807, 2.05) is 0 Å². The maximum atomic E-state index is 12.7. The molecule has 1 fully saturated rings. The van der Waals surface area contributed by atoms with Crippen LogP contribution >= 0.6 is 0 Å². The predicted octanol–water partition coefficient (Wildman–Crippen LogP) is 2.66. The van der Waals surface area contributed by atoms with Gasteiger partial charge in [-0.2, -0.15) is 13.2 Å². The second-order valence-corrected chi connectivity index (χ2v) is 4.90. The van der Waals surface area contributed by atoms with Gasteiger partial charge in [0.25, 0.3) is 0 Å². The fourth-order valence-electron chi connectivity index (χ4n) is 2.37. The molecule has 0 spiro atoms. The molecule has 1 atom stereocenters. The van der Waals surface area contributed by atoms with E-state index in [1.54, 1.807) is 24.0 Å². The lowest BCUT2D eigenvalue weighted by atomic mass is 9.97. The highest BCUT2D eigenvalue weighted by atomic mass is 19.4. The Morgan fingerprint density at radius 3 is 2.74 bits per heavy atom. The van der Waals surface area contributed by atoms with Crippen LogP contribution in [0.4, 0.5) is 19.0 Å². The van der Waals surface area contributed by atoms with Crippen LogP contribution < -0.4 is 4.90 Å². The number of aliphatic hydroxyl groups excluding tert-OH is 1. The smallest absolute Gasteiger partial charge is 0.392 e. The molecular weight excluding hydrogens is 257 g/mol. The molecule has 1 aliphatic rings. The summed E-state index contributed by atoms with van der Waals surface area (Å²) in [6, 6.07) is 3.40. The molecule has 1 unspecified atom stereocenters. The van der Waals surface area contributed by atoms with E-state index in [0.29, 0.717) is 30.0 Å². The van der Waals surface area contributed by atoms with Gasteiger partial charge in [-0.25, -0.2) is 4.98 Å². The highest BCUT2D eigenvalue weighted by molar-refractivity contribution is 5.42. The molecule has 1 aromatic rings. The molecule has 106 valence electrons. The Morgan fingerprint density at radius 2 is 2.16 bits per heavy atom. The van der Waals surface area contributed by atoms with Crippen molar-refractivity contribution in [3.8, 4) is 0 Å². The molecular formula is C13H17F3N2O. The Morgan fingerprint density at radius 1 is 1.42 bits per heavy atom. The number of aryl methyl sites for hydroxylation is 1. The fourth-order valence-corrected chi connectivity index (χ4v) is 2.37. The highest BCUT2D eigenvalue weighted by Gasteiger charge is 2.42. The van der Waals surface area contributed by atoms with Gasteiger partial charge in [-0.3, -0.25) is 0 Å². The highest BCUT2D eigenvalue weighted by Crippen LogP contribution is 2.34. The molecule has 2 rings (SSSR count). The second-order valence-electron chi connectivity index (χ2n) is 4.90. The van der Waals surface area contributed by atoms with Crippen molar-refractivity contribution >= 4 is 5.82 Å². The van der Waals surface area contributed by atoms with Crippen LogP contribution in [-0.4, -0.2) is 29.4 Å². The largest absolute Gasteiger partial charge is 0.393 e. The van der Waals surface area contributed by atoms with Crippen LogP contribution in [0.2, 0.25) is 0 Å². The molecule has 1 aliphatic heterocycles. The van der Waals surface area contributed by atoms with Gasteiger partial charge in [-0.1, -0.05) is 6.07 Å². The summed E-state index contributed by atoms with van der Waals surface area (Å²) in [5, 5.41) is 9.07. The van der Waals surface area contributed by atoms with Crippen LogP contribution in [0, 0.1) is 12.8 Å². The zero-order chi connectivity index (χ0) is 14.0. The van der Waals surface area contributed by atoms with Gasteiger partial charge in [0.15, 0.2) is 0 Å². The predicted molar refractivity (Wildman–Crippen MR) is 65.9 cm³/mol. The van der Waals surface area contributed by atoms with E-state index in [-0.39, 0.29) is 19.6 Å². The third-order valence-electron chi connectivity index (χ3n) is 3.56. The number of hydrogen-bond acceptors (Lipinski definition) is 3. The van der Waals surface area contributed by atoms with E-state index >= 15 is 0 Å². The second kappa shape index (κ2) is 5.36. The number of aromatic nitrogens is 1. The van der Waals surface area contributed by atoms with Crippen molar-refractivity contribution < 1.29 is 18.3 Å². The van der Waals surface area contributed by atoms with Crippen molar-refractivity contribution in [1.29, 1.82) is 0 Å². The molecule has 1 aromatic heterocycles. The molecule has 6 heteroatoms. The third kappa shape index (κ3) is 3.18. The molecule has 2 heterocycles. The standard InChI is InChI=1S/C13H17F3N2O/c1-9-10(8-19)4-5-12(17-9)18-6-2-3-11(7-18)13(14,15)16/h4-5,11,19H,2-3,6-8H2,1H3. The van der Waals surface area contributed by atoms with Crippen LogP contribution in [0.15, 0.2) is 12.1 Å². The zero-order valence-corrected chi connectivity index (χ0v) is 10.7. The van der Waals surface area contributed by atoms with Crippen molar-refractivity contribution in [3.05, 3.63) is 23.4 Å². The summed E-state index contributed by atoms with van der Waals surface area (Å²) in [5.41, 5.74) is 1.36. The van der Waals surface area contributed by atoms with Gasteiger partial charge in [0.05, 0.1) is 12.5 Å². The number of halogens is 3. The number of hydrogen-bond donors (Lipinski definition) is 1. The van der Waals surface area contributed by atoms with Crippen LogP contribution in [0.3, 0.4) is 0 Å². The Kier molecular flexibility index (Phi) is 3.99. The molecule has 1 N–H and O–H groups in total. The number of piperidine rings is 1. The van der Waals surface area contributed by atoms with Crippen molar-refractivity contribution in [2.24, 2.45) is 5.92 Å². The Labute approximate surface area is 110 Å². The Hall–Kier alpha value is -1.30. The molecule has 0 saturated carbocycles. The zero-order valence-electron chi connectivity index (χ0n) is 10.7. The number of anilines is 1. The topological polar surface area (TPSA) is 36.4 Å². The minimum Gasteiger partial charge on any atom is -0.392 e. The number of alkyl halides is 3. The first kappa shape index (κ1) is 14.1. The van der Waals surface area contributed by atoms with Crippen LogP contribution in [0.5, 0.6) is 0 Å². The fraction of sp³-hybridized carbons (Fsp3) is 0.615. The lowest BCUT2D eigenvalue weighted by molar-refractivity contribution is -0.176. The van der Waals surface area contributed by atoms with Crippen molar-refractivity contribution in [1.82, 2.24) is 4.98 Å². The molecule has 19 heavy (non-hydrogen) atoms. The molecule has 0 aromatic carbocycles. The van der Waals surface area contributed by atoms with Gasteiger partial charge in [0.2, 0.25) is 0 Å². The maximum Gasteiger partial charge on any atom is 0.393 e.